The van der Waals surface area contributed by atoms with E-state index in [9.17, 15) is 0 Å². The second-order valence-corrected chi connectivity index (χ2v) is 31.5. The number of benzene rings is 14. The van der Waals surface area contributed by atoms with Crippen LogP contribution in [0.15, 0.2) is 364 Å². The minimum absolute atomic E-state index is 0.130. The molecule has 6 heteroatoms. The van der Waals surface area contributed by atoms with Crippen molar-refractivity contribution in [2.24, 2.45) is 0 Å². The molecule has 14 aromatic carbocycles. The molecule has 3 nitrogen and oxygen atoms in total. The number of nitrogens with zero attached hydrogens (tertiary/aromatic N) is 3. The van der Waals surface area contributed by atoms with Gasteiger partial charge in [-0.05, 0) is 130 Å². The SMILES string of the molecule is c1ccc(-c2ccc(N3c4ccccc4B4c5ccc([Si](c6ccccc6)(c6ccccc6)c6ccccc6)cc5N(c5cccc([Si](c6ccccc6)(c6ccccc6)c6ccccc6)c5)c5cc(-n6c7ccccc7c7ccccc76)cc3c54)cc2)cc1. The first-order valence-corrected chi connectivity index (χ1v) is 35.3. The zero-order valence-corrected chi connectivity index (χ0v) is 51.6. The number of hydrogen-bond donors (Lipinski definition) is 0. The number of rotatable bonds is 12. The molecule has 2 aliphatic rings. The molecule has 3 heterocycles. The van der Waals surface area contributed by atoms with Crippen molar-refractivity contribution in [2.75, 3.05) is 9.80 Å². The summed E-state index contributed by atoms with van der Waals surface area (Å²) in [5, 5.41) is 13.1. The smallest absolute Gasteiger partial charge is 0.252 e. The maximum atomic E-state index is 2.68. The molecular formula is C84H60BN3Si2. The van der Waals surface area contributed by atoms with E-state index in [1.165, 1.54) is 91.2 Å². The molecule has 422 valence electrons. The van der Waals surface area contributed by atoms with Gasteiger partial charge >= 0.3 is 0 Å². The third-order valence-electron chi connectivity index (χ3n) is 19.2. The molecule has 0 amide bonds. The van der Waals surface area contributed by atoms with Crippen LogP contribution in [0.1, 0.15) is 0 Å². The number of hydrogen-bond acceptors (Lipinski definition) is 2. The third-order valence-corrected chi connectivity index (χ3v) is 28.8. The molecule has 0 aliphatic carbocycles. The van der Waals surface area contributed by atoms with Crippen LogP contribution >= 0.6 is 0 Å². The monoisotopic (exact) mass is 1180 g/mol. The molecule has 17 rings (SSSR count). The molecule has 0 atom stereocenters. The first kappa shape index (κ1) is 53.2. The fraction of sp³-hybridized carbons (Fsp3) is 0. The number of aromatic nitrogens is 1. The van der Waals surface area contributed by atoms with Gasteiger partial charge in [0.25, 0.3) is 6.71 Å². The topological polar surface area (TPSA) is 11.4 Å². The lowest BCUT2D eigenvalue weighted by Crippen LogP contribution is -2.75. The molecule has 1 aromatic heterocycles. The highest BCUT2D eigenvalue weighted by atomic mass is 28.3. The first-order valence-electron chi connectivity index (χ1n) is 31.3. The highest BCUT2D eigenvalue weighted by Crippen LogP contribution is 2.46. The highest BCUT2D eigenvalue weighted by Gasteiger charge is 2.48. The Labute approximate surface area is 528 Å². The summed E-state index contributed by atoms with van der Waals surface area (Å²) in [6.07, 6.45) is 0. The zero-order chi connectivity index (χ0) is 59.6. The summed E-state index contributed by atoms with van der Waals surface area (Å²) < 4.78 is 2.52. The Morgan fingerprint density at radius 3 is 1.09 bits per heavy atom. The van der Waals surface area contributed by atoms with Crippen molar-refractivity contribution in [2.45, 2.75) is 0 Å². The first-order chi connectivity index (χ1) is 44.7. The van der Waals surface area contributed by atoms with Crippen LogP contribution in [0.2, 0.25) is 0 Å². The van der Waals surface area contributed by atoms with Crippen LogP contribution in [0.4, 0.5) is 34.1 Å². The average molecular weight is 1180 g/mol. The van der Waals surface area contributed by atoms with Gasteiger partial charge in [-0.1, -0.05) is 303 Å². The van der Waals surface area contributed by atoms with Crippen molar-refractivity contribution in [3.8, 4) is 16.8 Å². The van der Waals surface area contributed by atoms with Gasteiger partial charge in [-0.15, -0.1) is 0 Å². The van der Waals surface area contributed by atoms with Crippen molar-refractivity contribution in [1.29, 1.82) is 0 Å². The molecular weight excluding hydrogens is 1120 g/mol. The Kier molecular flexibility index (Phi) is 13.0. The van der Waals surface area contributed by atoms with Crippen LogP contribution in [-0.4, -0.2) is 27.4 Å². The Morgan fingerprint density at radius 2 is 0.600 bits per heavy atom. The summed E-state index contributed by atoms with van der Waals surface area (Å²) >= 11 is 0. The van der Waals surface area contributed by atoms with Crippen molar-refractivity contribution < 1.29 is 0 Å². The second-order valence-electron chi connectivity index (χ2n) is 23.9. The average Bonchev–Trinajstić information content (AvgIpc) is 0.759. The molecule has 0 radical (unpaired) electrons. The van der Waals surface area contributed by atoms with E-state index in [0.29, 0.717) is 0 Å². The van der Waals surface area contributed by atoms with Crippen LogP contribution in [0.25, 0.3) is 38.6 Å². The van der Waals surface area contributed by atoms with Crippen molar-refractivity contribution in [3.05, 3.63) is 364 Å². The van der Waals surface area contributed by atoms with Gasteiger partial charge in [0.1, 0.15) is 0 Å². The summed E-state index contributed by atoms with van der Waals surface area (Å²) in [5.41, 5.74) is 16.5. The normalized spacial score (nSPS) is 12.6. The lowest BCUT2D eigenvalue weighted by atomic mass is 9.33. The lowest BCUT2D eigenvalue weighted by Gasteiger charge is -2.45. The van der Waals surface area contributed by atoms with E-state index in [4.69, 9.17) is 0 Å². The van der Waals surface area contributed by atoms with E-state index in [2.05, 4.69) is 378 Å². The molecule has 0 fully saturated rings. The van der Waals surface area contributed by atoms with Gasteiger partial charge in [0, 0.05) is 44.9 Å². The summed E-state index contributed by atoms with van der Waals surface area (Å²) in [5.74, 6) is 0. The fourth-order valence-corrected chi connectivity index (χ4v) is 25.0. The van der Waals surface area contributed by atoms with E-state index >= 15 is 0 Å². The van der Waals surface area contributed by atoms with E-state index in [0.717, 1.165) is 39.5 Å². The zero-order valence-electron chi connectivity index (χ0n) is 49.6. The van der Waals surface area contributed by atoms with Gasteiger partial charge in [-0.2, -0.15) is 0 Å². The quantitative estimate of drug-likeness (QED) is 0.0892. The molecule has 0 saturated carbocycles. The number of para-hydroxylation sites is 3. The predicted molar refractivity (Wildman–Crippen MR) is 387 cm³/mol. The maximum absolute atomic E-state index is 3.09. The summed E-state index contributed by atoms with van der Waals surface area (Å²) in [6.45, 7) is -0.130. The molecule has 0 unspecified atom stereocenters. The number of anilines is 6. The minimum atomic E-state index is -3.09. The molecule has 0 N–H and O–H groups in total. The van der Waals surface area contributed by atoms with E-state index in [1.54, 1.807) is 0 Å². The van der Waals surface area contributed by atoms with Gasteiger partial charge in [0.2, 0.25) is 0 Å². The maximum Gasteiger partial charge on any atom is 0.252 e. The van der Waals surface area contributed by atoms with Crippen LogP contribution in [0, 0.1) is 0 Å². The van der Waals surface area contributed by atoms with Crippen molar-refractivity contribution >= 4 is 137 Å². The lowest BCUT2D eigenvalue weighted by molar-refractivity contribution is 1.16. The summed E-state index contributed by atoms with van der Waals surface area (Å²) in [6, 6.07) is 138. The second kappa shape index (κ2) is 22.0. The minimum Gasteiger partial charge on any atom is -0.311 e. The summed E-state index contributed by atoms with van der Waals surface area (Å²) in [4.78, 5) is 5.24. The molecule has 0 bridgehead atoms. The highest BCUT2D eigenvalue weighted by molar-refractivity contribution is 7.20. The molecule has 90 heavy (non-hydrogen) atoms. The Balaban J connectivity index is 1.01. The molecule has 0 saturated heterocycles. The van der Waals surface area contributed by atoms with Gasteiger partial charge in [0.05, 0.1) is 16.7 Å². The molecule has 2 aliphatic heterocycles. The fourth-order valence-electron chi connectivity index (χ4n) is 15.5. The Bertz CT molecular complexity index is 4880. The van der Waals surface area contributed by atoms with Gasteiger partial charge < -0.3 is 14.4 Å². The van der Waals surface area contributed by atoms with E-state index < -0.39 is 16.1 Å². The third kappa shape index (κ3) is 8.33. The predicted octanol–water partition coefficient (Wildman–Crippen LogP) is 13.3. The van der Waals surface area contributed by atoms with Crippen LogP contribution in [0.3, 0.4) is 0 Å². The van der Waals surface area contributed by atoms with Crippen molar-refractivity contribution in [1.82, 2.24) is 4.57 Å². The van der Waals surface area contributed by atoms with Crippen LogP contribution in [-0.2, 0) is 0 Å². The standard InChI is InChI=1S/C84H60BN3Si2/c1-8-29-61(30-9-1)62-51-53-63(54-52-62)86-80-50-27-24-47-76(80)85-77-56-55-73(90(69-38-16-5-17-39-69,70-40-18-6-19-41-70)71-42-20-7-21-43-71)60-81(77)87(83-59-65(58-82(86)84(83)85)88-78-48-25-22-45-74(78)75-46-23-26-49-79(75)88)64-31-28-44-72(57-64)89(66-32-10-2-11-33-66,67-34-12-3-13-35-67)68-36-14-4-15-37-68/h1-60H. The Morgan fingerprint density at radius 1 is 0.222 bits per heavy atom. The largest absolute Gasteiger partial charge is 0.311 e. The van der Waals surface area contributed by atoms with Gasteiger partial charge in [-0.3, -0.25) is 0 Å². The van der Waals surface area contributed by atoms with Crippen LogP contribution < -0.4 is 67.7 Å². The van der Waals surface area contributed by atoms with Gasteiger partial charge in [0.15, 0.2) is 16.1 Å². The molecule has 0 spiro atoms. The Hall–Kier alpha value is -11.0. The van der Waals surface area contributed by atoms with Gasteiger partial charge in [-0.25, -0.2) is 0 Å². The van der Waals surface area contributed by atoms with Crippen LogP contribution in [0.5, 0.6) is 0 Å². The van der Waals surface area contributed by atoms with Crippen molar-refractivity contribution in [3.63, 3.8) is 0 Å². The molecule has 15 aromatic rings. The van der Waals surface area contributed by atoms with E-state index in [-0.39, 0.29) is 6.71 Å². The van der Waals surface area contributed by atoms with E-state index in [1.807, 2.05) is 0 Å². The summed E-state index contributed by atoms with van der Waals surface area (Å²) in [7, 11) is -6.14. The number of fused-ring (bicyclic) bond motifs is 7.